The first-order chi connectivity index (χ1) is 16.3. The predicted molar refractivity (Wildman–Crippen MR) is 125 cm³/mol. The molecule has 0 spiro atoms. The summed E-state index contributed by atoms with van der Waals surface area (Å²) in [6.07, 6.45) is 0. The Morgan fingerprint density at radius 2 is 1.62 bits per heavy atom. The zero-order valence-electron chi connectivity index (χ0n) is 18.3. The van der Waals surface area contributed by atoms with E-state index in [4.69, 9.17) is 14.2 Å². The van der Waals surface area contributed by atoms with Gasteiger partial charge in [-0.15, -0.1) is 0 Å². The van der Waals surface area contributed by atoms with Gasteiger partial charge >= 0.3 is 5.97 Å². The topological polar surface area (TPSA) is 111 Å². The van der Waals surface area contributed by atoms with E-state index in [-0.39, 0.29) is 22.1 Å². The van der Waals surface area contributed by atoms with Crippen molar-refractivity contribution in [2.45, 2.75) is 4.90 Å². The lowest BCUT2D eigenvalue weighted by Gasteiger charge is -2.19. The number of fused-ring (bicyclic) bond motifs is 1. The van der Waals surface area contributed by atoms with Crippen LogP contribution in [-0.2, 0) is 19.6 Å². The number of benzene rings is 3. The molecule has 1 heterocycles. The van der Waals surface area contributed by atoms with Gasteiger partial charge in [0.2, 0.25) is 0 Å². The first-order valence-corrected chi connectivity index (χ1v) is 11.8. The first-order valence-electron chi connectivity index (χ1n) is 10.3. The zero-order valence-corrected chi connectivity index (χ0v) is 19.1. The number of sulfonamides is 1. The van der Waals surface area contributed by atoms with E-state index < -0.39 is 22.6 Å². The minimum atomic E-state index is -3.89. The summed E-state index contributed by atoms with van der Waals surface area (Å²) in [7, 11) is -2.30. The maximum absolute atomic E-state index is 12.7. The molecule has 3 aromatic carbocycles. The molecule has 10 heteroatoms. The van der Waals surface area contributed by atoms with Crippen molar-refractivity contribution in [2.24, 2.45) is 0 Å². The average molecular weight is 483 g/mol. The second-order valence-electron chi connectivity index (χ2n) is 7.35. The van der Waals surface area contributed by atoms with Crippen molar-refractivity contribution in [2.75, 3.05) is 36.5 Å². The molecule has 4 rings (SSSR count). The van der Waals surface area contributed by atoms with Gasteiger partial charge in [-0.2, -0.15) is 0 Å². The van der Waals surface area contributed by atoms with Crippen LogP contribution in [-0.4, -0.2) is 47.2 Å². The van der Waals surface area contributed by atoms with Gasteiger partial charge in [-0.25, -0.2) is 13.2 Å². The fraction of sp³-hybridized carbons (Fsp3) is 0.167. The molecular weight excluding hydrogens is 460 g/mol. The number of amides is 1. The van der Waals surface area contributed by atoms with E-state index in [9.17, 15) is 18.0 Å². The van der Waals surface area contributed by atoms with Crippen LogP contribution in [0.25, 0.3) is 0 Å². The molecule has 0 bridgehead atoms. The molecule has 1 aliphatic heterocycles. The van der Waals surface area contributed by atoms with Crippen LogP contribution in [0.4, 0.5) is 11.4 Å². The maximum Gasteiger partial charge on any atom is 0.338 e. The highest BCUT2D eigenvalue weighted by Gasteiger charge is 2.20. The summed E-state index contributed by atoms with van der Waals surface area (Å²) < 4.78 is 43.8. The first kappa shape index (κ1) is 23.1. The Labute approximate surface area is 196 Å². The zero-order chi connectivity index (χ0) is 24.1. The third-order valence-electron chi connectivity index (χ3n) is 5.04. The standard InChI is InChI=1S/C24H22N2O7S/c1-26(19-5-3-2-4-6-19)23(27)16-33-24(28)17-7-9-18(10-8-17)25-34(29,30)20-11-12-21-22(15-20)32-14-13-31-21/h2-12,15,25H,13-14,16H2,1H3. The summed E-state index contributed by atoms with van der Waals surface area (Å²) in [4.78, 5) is 26.0. The molecule has 1 N–H and O–H groups in total. The number of para-hydroxylation sites is 1. The van der Waals surface area contributed by atoms with Crippen molar-refractivity contribution in [3.05, 3.63) is 78.4 Å². The minimum absolute atomic E-state index is 0.0151. The average Bonchev–Trinajstić information content (AvgIpc) is 2.87. The Morgan fingerprint density at radius 3 is 2.32 bits per heavy atom. The van der Waals surface area contributed by atoms with Crippen LogP contribution in [0.3, 0.4) is 0 Å². The second kappa shape index (κ2) is 9.84. The summed E-state index contributed by atoms with van der Waals surface area (Å²) in [6, 6.07) is 19.0. The van der Waals surface area contributed by atoms with E-state index in [1.54, 1.807) is 37.4 Å². The van der Waals surface area contributed by atoms with E-state index in [1.807, 2.05) is 6.07 Å². The molecule has 0 saturated heterocycles. The van der Waals surface area contributed by atoms with E-state index >= 15 is 0 Å². The highest BCUT2D eigenvalue weighted by Crippen LogP contribution is 2.32. The van der Waals surface area contributed by atoms with Crippen molar-refractivity contribution in [3.8, 4) is 11.5 Å². The molecule has 34 heavy (non-hydrogen) atoms. The lowest BCUT2D eigenvalue weighted by Crippen LogP contribution is -2.31. The monoisotopic (exact) mass is 482 g/mol. The summed E-state index contributed by atoms with van der Waals surface area (Å²) in [5.41, 5.74) is 1.11. The largest absolute Gasteiger partial charge is 0.486 e. The number of rotatable bonds is 7. The molecule has 1 amide bonds. The summed E-state index contributed by atoms with van der Waals surface area (Å²) >= 11 is 0. The molecule has 0 unspecified atom stereocenters. The Hall–Kier alpha value is -4.05. The number of hydrogen-bond donors (Lipinski definition) is 1. The Balaban J connectivity index is 1.36. The lowest BCUT2D eigenvalue weighted by molar-refractivity contribution is -0.121. The van der Waals surface area contributed by atoms with Gasteiger partial charge in [-0.05, 0) is 48.5 Å². The number of nitrogens with zero attached hydrogens (tertiary/aromatic N) is 1. The van der Waals surface area contributed by atoms with Crippen molar-refractivity contribution in [1.82, 2.24) is 0 Å². The number of ether oxygens (including phenoxy) is 3. The Bertz CT molecular complexity index is 1290. The van der Waals surface area contributed by atoms with Crippen LogP contribution in [0.2, 0.25) is 0 Å². The van der Waals surface area contributed by atoms with Gasteiger partial charge < -0.3 is 19.1 Å². The van der Waals surface area contributed by atoms with E-state index in [2.05, 4.69) is 4.72 Å². The number of anilines is 2. The molecule has 0 saturated carbocycles. The smallest absolute Gasteiger partial charge is 0.338 e. The van der Waals surface area contributed by atoms with Gasteiger partial charge in [0, 0.05) is 24.5 Å². The van der Waals surface area contributed by atoms with Crippen LogP contribution < -0.4 is 19.1 Å². The lowest BCUT2D eigenvalue weighted by atomic mass is 10.2. The molecule has 1 aliphatic rings. The predicted octanol–water partition coefficient (Wildman–Crippen LogP) is 3.08. The maximum atomic E-state index is 12.7. The number of likely N-dealkylation sites (N-methyl/N-ethyl adjacent to an activating group) is 1. The molecule has 0 fully saturated rings. The normalized spacial score (nSPS) is 12.5. The molecular formula is C24H22N2O7S. The van der Waals surface area contributed by atoms with Crippen LogP contribution in [0.15, 0.2) is 77.7 Å². The van der Waals surface area contributed by atoms with Gasteiger partial charge in [0.25, 0.3) is 15.9 Å². The Kier molecular flexibility index (Phi) is 6.69. The number of carbonyl (C=O) groups excluding carboxylic acids is 2. The quantitative estimate of drug-likeness (QED) is 0.515. The molecule has 0 radical (unpaired) electrons. The summed E-state index contributed by atoms with van der Waals surface area (Å²) in [5, 5.41) is 0. The van der Waals surface area contributed by atoms with Crippen LogP contribution in [0, 0.1) is 0 Å². The third kappa shape index (κ3) is 5.29. The molecule has 176 valence electrons. The molecule has 9 nitrogen and oxygen atoms in total. The van der Waals surface area contributed by atoms with Gasteiger partial charge in [0.15, 0.2) is 18.1 Å². The SMILES string of the molecule is CN(C(=O)COC(=O)c1ccc(NS(=O)(=O)c2ccc3c(c2)OCCO3)cc1)c1ccccc1. The molecule has 0 aromatic heterocycles. The highest BCUT2D eigenvalue weighted by atomic mass is 32.2. The van der Waals surface area contributed by atoms with Crippen LogP contribution in [0.5, 0.6) is 11.5 Å². The Morgan fingerprint density at radius 1 is 0.941 bits per heavy atom. The molecule has 0 atom stereocenters. The van der Waals surface area contributed by atoms with Gasteiger partial charge in [-0.3, -0.25) is 9.52 Å². The van der Waals surface area contributed by atoms with Gasteiger partial charge in [0.1, 0.15) is 13.2 Å². The number of hydrogen-bond acceptors (Lipinski definition) is 7. The van der Waals surface area contributed by atoms with Gasteiger partial charge in [-0.1, -0.05) is 18.2 Å². The molecule has 0 aliphatic carbocycles. The fourth-order valence-electron chi connectivity index (χ4n) is 3.18. The van der Waals surface area contributed by atoms with Crippen LogP contribution in [0.1, 0.15) is 10.4 Å². The van der Waals surface area contributed by atoms with E-state index in [1.165, 1.54) is 41.3 Å². The van der Waals surface area contributed by atoms with Crippen molar-refractivity contribution in [3.63, 3.8) is 0 Å². The van der Waals surface area contributed by atoms with Crippen molar-refractivity contribution >= 4 is 33.3 Å². The third-order valence-corrected chi connectivity index (χ3v) is 6.42. The number of nitrogens with one attached hydrogen (secondary N) is 1. The van der Waals surface area contributed by atoms with Crippen LogP contribution >= 0.6 is 0 Å². The second-order valence-corrected chi connectivity index (χ2v) is 9.04. The fourth-order valence-corrected chi connectivity index (χ4v) is 4.26. The van der Waals surface area contributed by atoms with E-state index in [0.717, 1.165) is 0 Å². The van der Waals surface area contributed by atoms with Crippen molar-refractivity contribution in [1.29, 1.82) is 0 Å². The summed E-state index contributed by atoms with van der Waals surface area (Å²) in [6.45, 7) is 0.322. The number of carbonyl (C=O) groups is 2. The minimum Gasteiger partial charge on any atom is -0.486 e. The molecule has 3 aromatic rings. The van der Waals surface area contributed by atoms with Gasteiger partial charge in [0.05, 0.1) is 10.5 Å². The highest BCUT2D eigenvalue weighted by molar-refractivity contribution is 7.92. The summed E-state index contributed by atoms with van der Waals surface area (Å²) in [5.74, 6) is -0.236. The van der Waals surface area contributed by atoms with E-state index in [0.29, 0.717) is 30.4 Å². The van der Waals surface area contributed by atoms with Crippen molar-refractivity contribution < 1.29 is 32.2 Å². The number of esters is 1.